The molecule has 0 saturated heterocycles. The predicted molar refractivity (Wildman–Crippen MR) is 118 cm³/mol. The number of ether oxygens (including phenoxy) is 1. The maximum Gasteiger partial charge on any atom is 0.257 e. The molecule has 6 nitrogen and oxygen atoms in total. The molecule has 0 fully saturated rings. The van der Waals surface area contributed by atoms with Gasteiger partial charge in [0.25, 0.3) is 11.8 Å². The van der Waals surface area contributed by atoms with E-state index in [9.17, 15) is 4.79 Å². The fraction of sp³-hybridized carbons (Fsp3) is 0.160. The summed E-state index contributed by atoms with van der Waals surface area (Å²) in [6.45, 7) is 0.519. The van der Waals surface area contributed by atoms with Gasteiger partial charge in [-0.2, -0.15) is 0 Å². The van der Waals surface area contributed by atoms with Gasteiger partial charge in [-0.15, -0.1) is 10.2 Å². The van der Waals surface area contributed by atoms with Crippen LogP contribution in [0.15, 0.2) is 89.3 Å². The Kier molecular flexibility index (Phi) is 6.70. The van der Waals surface area contributed by atoms with Gasteiger partial charge < -0.3 is 14.5 Å². The summed E-state index contributed by atoms with van der Waals surface area (Å²) >= 11 is 0. The molecule has 6 heteroatoms. The second kappa shape index (κ2) is 10.2. The third-order valence-corrected chi connectivity index (χ3v) is 4.73. The lowest BCUT2D eigenvalue weighted by atomic mass is 10.1. The molecule has 1 amide bonds. The summed E-state index contributed by atoms with van der Waals surface area (Å²) in [6.07, 6.45) is 1.79. The van der Waals surface area contributed by atoms with Crippen LogP contribution in [-0.2, 0) is 11.2 Å². The Labute approximate surface area is 180 Å². The molecule has 0 atom stereocenters. The lowest BCUT2D eigenvalue weighted by molar-refractivity contribution is -0.123. The topological polar surface area (TPSA) is 77.2 Å². The van der Waals surface area contributed by atoms with Crippen LogP contribution in [-0.4, -0.2) is 29.3 Å². The van der Waals surface area contributed by atoms with Crippen molar-refractivity contribution >= 4 is 5.91 Å². The lowest BCUT2D eigenvalue weighted by Crippen LogP contribution is -2.30. The Morgan fingerprint density at radius 1 is 0.839 bits per heavy atom. The Balaban J connectivity index is 1.32. The van der Waals surface area contributed by atoms with Gasteiger partial charge in [0, 0.05) is 12.1 Å². The Morgan fingerprint density at radius 2 is 1.52 bits per heavy atom. The van der Waals surface area contributed by atoms with Crippen LogP contribution in [0.4, 0.5) is 0 Å². The Hall–Kier alpha value is -3.93. The molecular weight excluding hydrogens is 390 g/mol. The molecule has 0 spiro atoms. The number of nitrogens with zero attached hydrogens (tertiary/aromatic N) is 2. The second-order valence-corrected chi connectivity index (χ2v) is 7.00. The van der Waals surface area contributed by atoms with Gasteiger partial charge in [-0.3, -0.25) is 4.79 Å². The predicted octanol–water partition coefficient (Wildman–Crippen LogP) is 4.53. The first kappa shape index (κ1) is 20.3. The highest BCUT2D eigenvalue weighted by Crippen LogP contribution is 2.30. The molecule has 3 aromatic carbocycles. The molecule has 0 bridgehead atoms. The van der Waals surface area contributed by atoms with E-state index < -0.39 is 0 Å². The first-order valence-corrected chi connectivity index (χ1v) is 10.2. The number of hydrogen-bond donors (Lipinski definition) is 1. The summed E-state index contributed by atoms with van der Waals surface area (Å²) in [5.74, 6) is 1.13. The number of carbonyl (C=O) groups is 1. The van der Waals surface area contributed by atoms with Crippen LogP contribution < -0.4 is 10.1 Å². The summed E-state index contributed by atoms with van der Waals surface area (Å²) in [7, 11) is 0. The number of aromatic nitrogens is 2. The zero-order chi connectivity index (χ0) is 21.3. The van der Waals surface area contributed by atoms with E-state index in [4.69, 9.17) is 9.15 Å². The van der Waals surface area contributed by atoms with E-state index in [2.05, 4.69) is 27.6 Å². The first-order chi connectivity index (χ1) is 15.3. The van der Waals surface area contributed by atoms with Crippen LogP contribution in [0.5, 0.6) is 5.75 Å². The van der Waals surface area contributed by atoms with E-state index in [1.807, 2.05) is 66.7 Å². The number of aryl methyl sites for hydroxylation is 1. The Morgan fingerprint density at radius 3 is 2.32 bits per heavy atom. The smallest absolute Gasteiger partial charge is 0.257 e. The van der Waals surface area contributed by atoms with E-state index in [0.29, 0.717) is 29.6 Å². The van der Waals surface area contributed by atoms with Crippen LogP contribution >= 0.6 is 0 Å². The minimum Gasteiger partial charge on any atom is -0.483 e. The van der Waals surface area contributed by atoms with Crippen molar-refractivity contribution in [2.45, 2.75) is 12.8 Å². The van der Waals surface area contributed by atoms with Crippen molar-refractivity contribution in [3.63, 3.8) is 0 Å². The molecule has 0 radical (unpaired) electrons. The highest BCUT2D eigenvalue weighted by Gasteiger charge is 2.15. The number of nitrogens with one attached hydrogen (secondary N) is 1. The Bertz CT molecular complexity index is 1110. The maximum absolute atomic E-state index is 12.2. The van der Waals surface area contributed by atoms with Crippen molar-refractivity contribution < 1.29 is 13.9 Å². The van der Waals surface area contributed by atoms with Gasteiger partial charge in [0.15, 0.2) is 6.61 Å². The SMILES string of the molecule is O=C(COc1ccccc1-c1nnc(-c2ccccc2)o1)NCCCc1ccccc1. The number of hydrogen-bond acceptors (Lipinski definition) is 5. The van der Waals surface area contributed by atoms with Gasteiger partial charge in [-0.05, 0) is 42.7 Å². The van der Waals surface area contributed by atoms with Crippen LogP contribution in [0.25, 0.3) is 22.9 Å². The first-order valence-electron chi connectivity index (χ1n) is 10.2. The number of amides is 1. The van der Waals surface area contributed by atoms with E-state index >= 15 is 0 Å². The van der Waals surface area contributed by atoms with Gasteiger partial charge in [0.05, 0.1) is 5.56 Å². The van der Waals surface area contributed by atoms with Crippen LogP contribution in [0.2, 0.25) is 0 Å². The van der Waals surface area contributed by atoms with E-state index in [1.54, 1.807) is 6.07 Å². The van der Waals surface area contributed by atoms with Crippen LogP contribution in [0.1, 0.15) is 12.0 Å². The van der Waals surface area contributed by atoms with Gasteiger partial charge in [-0.25, -0.2) is 0 Å². The number of para-hydroxylation sites is 1. The third kappa shape index (κ3) is 5.57. The average molecular weight is 413 g/mol. The highest BCUT2D eigenvalue weighted by molar-refractivity contribution is 5.78. The number of carbonyl (C=O) groups excluding carboxylic acids is 1. The van der Waals surface area contributed by atoms with Crippen molar-refractivity contribution in [3.05, 3.63) is 90.5 Å². The van der Waals surface area contributed by atoms with Crippen molar-refractivity contribution in [1.82, 2.24) is 15.5 Å². The average Bonchev–Trinajstić information content (AvgIpc) is 3.32. The van der Waals surface area contributed by atoms with Gasteiger partial charge in [0.2, 0.25) is 5.89 Å². The quantitative estimate of drug-likeness (QED) is 0.408. The minimum absolute atomic E-state index is 0.0813. The molecule has 0 aliphatic carbocycles. The van der Waals surface area contributed by atoms with Crippen molar-refractivity contribution in [1.29, 1.82) is 0 Å². The maximum atomic E-state index is 12.2. The van der Waals surface area contributed by atoms with Gasteiger partial charge in [0.1, 0.15) is 5.75 Å². The summed E-state index contributed by atoms with van der Waals surface area (Å²) in [5.41, 5.74) is 2.75. The molecule has 0 aliphatic rings. The monoisotopic (exact) mass is 413 g/mol. The molecule has 1 heterocycles. The summed E-state index contributed by atoms with van der Waals surface area (Å²) in [4.78, 5) is 12.2. The minimum atomic E-state index is -0.168. The number of benzene rings is 3. The zero-order valence-electron chi connectivity index (χ0n) is 17.0. The lowest BCUT2D eigenvalue weighted by Gasteiger charge is -2.10. The summed E-state index contributed by atoms with van der Waals surface area (Å²) in [5, 5.41) is 11.2. The molecule has 4 rings (SSSR count). The number of rotatable bonds is 9. The molecular formula is C25H23N3O3. The molecule has 4 aromatic rings. The molecule has 1 aromatic heterocycles. The molecule has 0 unspecified atom stereocenters. The van der Waals surface area contributed by atoms with Crippen molar-refractivity contribution in [2.24, 2.45) is 0 Å². The fourth-order valence-electron chi connectivity index (χ4n) is 3.16. The van der Waals surface area contributed by atoms with Crippen LogP contribution in [0, 0.1) is 0 Å². The molecule has 156 valence electrons. The van der Waals surface area contributed by atoms with E-state index in [1.165, 1.54) is 5.56 Å². The van der Waals surface area contributed by atoms with Crippen molar-refractivity contribution in [2.75, 3.05) is 13.2 Å². The largest absolute Gasteiger partial charge is 0.483 e. The second-order valence-electron chi connectivity index (χ2n) is 7.00. The standard InChI is InChI=1S/C25H23N3O3/c29-23(26-17-9-12-19-10-3-1-4-11-19)18-30-22-16-8-7-15-21(22)25-28-27-24(31-25)20-13-5-2-6-14-20/h1-8,10-11,13-16H,9,12,17-18H2,(H,26,29). The van der Waals surface area contributed by atoms with E-state index in [-0.39, 0.29) is 12.5 Å². The zero-order valence-corrected chi connectivity index (χ0v) is 17.0. The molecule has 0 aliphatic heterocycles. The summed E-state index contributed by atoms with van der Waals surface area (Å²) < 4.78 is 11.6. The van der Waals surface area contributed by atoms with Gasteiger partial charge >= 0.3 is 0 Å². The summed E-state index contributed by atoms with van der Waals surface area (Å²) in [6, 6.07) is 27.1. The highest BCUT2D eigenvalue weighted by atomic mass is 16.5. The van der Waals surface area contributed by atoms with Crippen LogP contribution in [0.3, 0.4) is 0 Å². The van der Waals surface area contributed by atoms with E-state index in [0.717, 1.165) is 18.4 Å². The van der Waals surface area contributed by atoms with Crippen molar-refractivity contribution in [3.8, 4) is 28.7 Å². The van der Waals surface area contributed by atoms with Gasteiger partial charge in [-0.1, -0.05) is 60.7 Å². The molecule has 31 heavy (non-hydrogen) atoms. The normalized spacial score (nSPS) is 10.6. The fourth-order valence-corrected chi connectivity index (χ4v) is 3.16. The third-order valence-electron chi connectivity index (χ3n) is 4.73. The molecule has 1 N–H and O–H groups in total. The molecule has 0 saturated carbocycles.